The molecular weight excluding hydrogens is 1770 g/mol. The van der Waals surface area contributed by atoms with Crippen molar-refractivity contribution >= 4 is 147 Å². The van der Waals surface area contributed by atoms with Crippen LogP contribution in [-0.2, 0) is 4.74 Å². The van der Waals surface area contributed by atoms with Gasteiger partial charge in [0.2, 0.25) is 0 Å². The molecule has 633 valence electrons. The number of hydrogen-bond acceptors (Lipinski definition) is 22. The van der Waals surface area contributed by atoms with Crippen LogP contribution in [0.5, 0.6) is 63.2 Å². The zero-order valence-corrected chi connectivity index (χ0v) is 73.2. The Morgan fingerprint density at radius 1 is 0.320 bits per heavy atom. The van der Waals surface area contributed by atoms with Gasteiger partial charge in [0, 0.05) is 72.3 Å². The normalized spacial score (nSPS) is 10.7. The number of halogens is 3. The third-order valence-corrected chi connectivity index (χ3v) is 20.2. The molecule has 1 radical (unpaired) electrons. The summed E-state index contributed by atoms with van der Waals surface area (Å²) >= 11 is 13.7. The maximum absolute atomic E-state index is 8.88. The summed E-state index contributed by atoms with van der Waals surface area (Å²) < 4.78 is 101. The Morgan fingerprint density at radius 2 is 0.598 bits per heavy atom. The maximum atomic E-state index is 8.88. The molecular formula is C95H95B2Br3NO20S. The Kier molecular flexibility index (Phi) is 38.0. The molecule has 1 fully saturated rings. The number of fused-ring (bicyclic) bond motifs is 6. The van der Waals surface area contributed by atoms with E-state index in [1.54, 1.807) is 109 Å². The summed E-state index contributed by atoms with van der Waals surface area (Å²) in [5, 5.41) is 23.7. The van der Waals surface area contributed by atoms with Crippen LogP contribution in [-0.4, -0.2) is 116 Å². The van der Waals surface area contributed by atoms with Crippen LogP contribution in [0.25, 0.3) is 111 Å². The monoisotopic (exact) mass is 1860 g/mol. The first-order valence-corrected chi connectivity index (χ1v) is 39.8. The van der Waals surface area contributed by atoms with Gasteiger partial charge in [0.25, 0.3) is 0 Å². The Balaban J connectivity index is 0.000000176. The van der Waals surface area contributed by atoms with E-state index >= 15 is 0 Å². The van der Waals surface area contributed by atoms with Gasteiger partial charge in [0.05, 0.1) is 93.4 Å². The molecule has 0 atom stereocenters. The van der Waals surface area contributed by atoms with Crippen molar-refractivity contribution < 1.29 is 93.4 Å². The van der Waals surface area contributed by atoms with Crippen LogP contribution in [0.2, 0.25) is 0 Å². The molecule has 7 heterocycles. The zero-order chi connectivity index (χ0) is 85.5. The second kappa shape index (κ2) is 48.5. The summed E-state index contributed by atoms with van der Waals surface area (Å²) in [4.78, 5) is 0. The van der Waals surface area contributed by atoms with Crippen molar-refractivity contribution in [1.29, 1.82) is 0 Å². The van der Waals surface area contributed by atoms with Crippen LogP contribution < -0.4 is 57.8 Å². The Bertz CT molecular complexity index is 5760. The van der Waals surface area contributed by atoms with Gasteiger partial charge >= 0.3 is 31.9 Å². The van der Waals surface area contributed by atoms with Gasteiger partial charge in [-0.2, -0.15) is 0 Å². The molecule has 0 bridgehead atoms. The molecule has 6 aromatic heterocycles. The minimum atomic E-state index is -1.58. The number of furan rings is 6. The Morgan fingerprint density at radius 3 is 0.918 bits per heavy atom. The fourth-order valence-corrected chi connectivity index (χ4v) is 13.2. The van der Waals surface area contributed by atoms with Crippen molar-refractivity contribution in [2.75, 3.05) is 91.4 Å². The predicted octanol–water partition coefficient (Wildman–Crippen LogP) is 25.3. The minimum absolute atomic E-state index is 0. The molecule has 1 saturated heterocycles. The first kappa shape index (κ1) is 95.5. The quantitative estimate of drug-likeness (QED) is 0.0601. The van der Waals surface area contributed by atoms with Gasteiger partial charge in [0.15, 0.2) is 0 Å². The van der Waals surface area contributed by atoms with Crippen LogP contribution in [0, 0.1) is 0 Å². The van der Waals surface area contributed by atoms with Crippen molar-refractivity contribution in [1.82, 2.24) is 0 Å². The van der Waals surface area contributed by atoms with Gasteiger partial charge in [-0.15, -0.1) is 0 Å². The zero-order valence-electron chi connectivity index (χ0n) is 67.6. The van der Waals surface area contributed by atoms with Crippen LogP contribution in [0.15, 0.2) is 305 Å². The van der Waals surface area contributed by atoms with Gasteiger partial charge in [-0.05, 0) is 299 Å². The molecule has 0 unspecified atom stereocenters. The van der Waals surface area contributed by atoms with E-state index in [9.17, 15) is 0 Å². The number of nitrogens with zero attached hydrogens (tertiary/aromatic N) is 1. The Hall–Kier alpha value is -11.9. The molecule has 1 aliphatic rings. The molecule has 0 saturated carbocycles. The molecule has 21 nitrogen and oxygen atoms in total. The number of benzene rings is 11. The van der Waals surface area contributed by atoms with E-state index in [4.69, 9.17) is 93.4 Å². The molecule has 0 spiro atoms. The second-order valence-electron chi connectivity index (χ2n) is 25.5. The van der Waals surface area contributed by atoms with Gasteiger partial charge in [-0.3, -0.25) is 0 Å². The van der Waals surface area contributed by atoms with E-state index in [2.05, 4.69) is 72.5 Å². The summed E-state index contributed by atoms with van der Waals surface area (Å²) in [6.45, 7) is 2.00. The van der Waals surface area contributed by atoms with Crippen molar-refractivity contribution in [3.8, 4) is 109 Å². The van der Waals surface area contributed by atoms with Crippen LogP contribution in [0.4, 0.5) is 0 Å². The first-order chi connectivity index (χ1) is 58.4. The van der Waals surface area contributed by atoms with Crippen LogP contribution in [0.1, 0.15) is 27.7 Å². The molecule has 0 amide bonds. The fourth-order valence-electron chi connectivity index (χ4n) is 11.7. The van der Waals surface area contributed by atoms with E-state index in [1.807, 2.05) is 231 Å². The van der Waals surface area contributed by atoms with Gasteiger partial charge < -0.3 is 93.4 Å². The van der Waals surface area contributed by atoms with Gasteiger partial charge in [-0.1, -0.05) is 30.8 Å². The second-order valence-corrected chi connectivity index (χ2v) is 28.2. The molecule has 2 N–H and O–H groups in total. The molecule has 122 heavy (non-hydrogen) atoms. The van der Waals surface area contributed by atoms with E-state index in [0.29, 0.717) is 11.3 Å². The van der Waals surface area contributed by atoms with Crippen molar-refractivity contribution in [2.45, 2.75) is 27.7 Å². The number of methoxy groups -OCH3 is 11. The van der Waals surface area contributed by atoms with Gasteiger partial charge in [0.1, 0.15) is 125 Å². The summed E-state index contributed by atoms with van der Waals surface area (Å²) in [6, 6.07) is 80.4. The van der Waals surface area contributed by atoms with E-state index in [-0.39, 0.29) is 20.5 Å². The molecule has 1 aliphatic heterocycles. The topological polar surface area (TPSA) is 242 Å². The first-order valence-electron chi connectivity index (χ1n) is 37.0. The number of thiol groups is 1. The van der Waals surface area contributed by atoms with E-state index in [1.165, 1.54) is 12.8 Å². The summed E-state index contributed by atoms with van der Waals surface area (Å²) in [6.07, 6.45) is 4.23. The summed E-state index contributed by atoms with van der Waals surface area (Å²) in [5.74, 6) is 12.3. The number of ether oxygens (including phenoxy) is 12. The average Bonchev–Trinajstić information content (AvgIpc) is 1.64. The SMILES string of the molecule is C.C.C1CCOC1.COc1ccc(-c2cc3cc(OC)ccc3o2)cc1.COc1ccc(-c2cc3cc(OC)ccc3o2)cc1.COc1ccc(-c2oc3ccc(OC)cc3c2Br)cc1.COc1ccc(-c2oc3ccc(OC)cc3c2Br)cc1.COc1ccc(Br)cc1.COc1ccc2oc(B(O)O)cc2c1.COc1ccc2occc2c1.[B]=NS. The third kappa shape index (κ3) is 26.3. The van der Waals surface area contributed by atoms with E-state index in [0.717, 1.165) is 190 Å². The Labute approximate surface area is 741 Å². The molecule has 17 aromatic rings. The van der Waals surface area contributed by atoms with Crippen LogP contribution in [0.3, 0.4) is 0 Å². The summed E-state index contributed by atoms with van der Waals surface area (Å²) in [7, 11) is 20.9. The van der Waals surface area contributed by atoms with Crippen LogP contribution >= 0.6 is 60.6 Å². The average molecular weight is 1860 g/mol. The molecule has 27 heteroatoms. The number of hydrogen-bond donors (Lipinski definition) is 3. The van der Waals surface area contributed by atoms with E-state index < -0.39 is 7.12 Å². The summed E-state index contributed by atoms with van der Waals surface area (Å²) in [5.41, 5.74) is 9.02. The van der Waals surface area contributed by atoms with Crippen molar-refractivity contribution in [3.05, 3.63) is 274 Å². The van der Waals surface area contributed by atoms with Crippen molar-refractivity contribution in [2.24, 2.45) is 4.30 Å². The van der Waals surface area contributed by atoms with Crippen molar-refractivity contribution in [3.63, 3.8) is 0 Å². The molecule has 18 rings (SSSR count). The molecule has 11 aromatic carbocycles. The standard InChI is InChI=1S/2C16H13BrO3.2C16H14O3.C9H9BO4.C9H8O2.C7H7BrO.C4H8O.2CH4.BHNS/c2*1-18-11-5-3-10(4-6-11)16-15(17)13-9-12(19-2)7-8-14(13)20-16;2*1-17-13-5-3-11(4-6-13)16-10-12-9-14(18-2)7-8-15(12)19-16;1-13-7-2-3-8-6(4-7)5-9(14-8)10(11)12;1-10-8-2-3-9-7(6-8)4-5-11-9;1-9-7-4-2-6(8)3-5-7;1-2-4-5-3-1;;;1-2-3/h2*3-9H,1-2H3;2*3-10H,1-2H3;2-5,11-12H,1H3;2-6H,1H3;2-5H,1H3;1-4H2;2*1H4;3H. The molecule has 0 aliphatic carbocycles. The fraction of sp³-hybridized carbons (Fsp3) is 0.179. The predicted molar refractivity (Wildman–Crippen MR) is 501 cm³/mol. The van der Waals surface area contributed by atoms with Gasteiger partial charge in [-0.25, -0.2) is 0 Å². The third-order valence-electron chi connectivity index (χ3n) is 18.1. The number of rotatable bonds is 16.